The van der Waals surface area contributed by atoms with Crippen molar-refractivity contribution in [3.05, 3.63) is 106 Å². The molecular formula is C21H15N5O2. The summed E-state index contributed by atoms with van der Waals surface area (Å²) in [5, 5.41) is 4.48. The van der Waals surface area contributed by atoms with Crippen molar-refractivity contribution < 1.29 is 0 Å². The van der Waals surface area contributed by atoms with Crippen LogP contribution in [0.5, 0.6) is 0 Å². The smallest absolute Gasteiger partial charge is 0.276 e. The number of fused-ring (bicyclic) bond motifs is 2. The number of benzene rings is 1. The first-order valence-corrected chi connectivity index (χ1v) is 8.81. The van der Waals surface area contributed by atoms with Gasteiger partial charge in [0.1, 0.15) is 11.2 Å². The molecule has 4 heterocycles. The third-order valence-electron chi connectivity index (χ3n) is 4.63. The maximum atomic E-state index is 12.9. The standard InChI is InChI=1S/C21H15N5O2/c27-20-12-16(22-19-8-4-5-9-25(19)20)14-24-10-11-26-18(21(24)28)13-17(23-26)15-6-2-1-3-7-15/h1-13H,14H2. The second-order valence-electron chi connectivity index (χ2n) is 6.47. The normalized spacial score (nSPS) is 11.3. The van der Waals surface area contributed by atoms with E-state index in [-0.39, 0.29) is 17.7 Å². The first-order chi connectivity index (χ1) is 13.7. The van der Waals surface area contributed by atoms with Crippen LogP contribution in [0.15, 0.2) is 88.8 Å². The Kier molecular flexibility index (Phi) is 3.65. The largest absolute Gasteiger partial charge is 0.306 e. The van der Waals surface area contributed by atoms with Crippen LogP contribution in [0.4, 0.5) is 0 Å². The van der Waals surface area contributed by atoms with Crippen molar-refractivity contribution in [3.8, 4) is 11.3 Å². The Hall–Kier alpha value is -4.00. The van der Waals surface area contributed by atoms with Gasteiger partial charge in [0.05, 0.1) is 17.9 Å². The molecule has 0 aliphatic rings. The lowest BCUT2D eigenvalue weighted by Gasteiger charge is -2.07. The SMILES string of the molecule is O=c1c2cc(-c3ccccc3)nn2ccn1Cc1cc(=O)n2ccccc2n1. The Labute approximate surface area is 158 Å². The maximum Gasteiger partial charge on any atom is 0.276 e. The fourth-order valence-electron chi connectivity index (χ4n) is 3.26. The molecule has 0 aliphatic carbocycles. The molecule has 0 aliphatic heterocycles. The average Bonchev–Trinajstić information content (AvgIpc) is 3.16. The molecule has 0 saturated carbocycles. The molecule has 0 N–H and O–H groups in total. The van der Waals surface area contributed by atoms with Gasteiger partial charge in [-0.25, -0.2) is 9.50 Å². The van der Waals surface area contributed by atoms with E-state index in [0.29, 0.717) is 16.9 Å². The summed E-state index contributed by atoms with van der Waals surface area (Å²) in [6.45, 7) is 0.210. The van der Waals surface area contributed by atoms with Crippen LogP contribution in [-0.4, -0.2) is 23.6 Å². The van der Waals surface area contributed by atoms with Crippen LogP contribution in [-0.2, 0) is 6.54 Å². The van der Waals surface area contributed by atoms with Crippen LogP contribution in [0.3, 0.4) is 0 Å². The molecule has 136 valence electrons. The molecule has 1 aromatic carbocycles. The van der Waals surface area contributed by atoms with Crippen LogP contribution in [0.1, 0.15) is 5.69 Å². The molecule has 7 heteroatoms. The van der Waals surface area contributed by atoms with Gasteiger partial charge in [0, 0.05) is 30.2 Å². The fourth-order valence-corrected chi connectivity index (χ4v) is 3.26. The van der Waals surface area contributed by atoms with E-state index in [0.717, 1.165) is 11.3 Å². The van der Waals surface area contributed by atoms with Gasteiger partial charge in [-0.3, -0.25) is 14.0 Å². The summed E-state index contributed by atoms with van der Waals surface area (Å²) in [6, 6.07) is 18.3. The molecule has 7 nitrogen and oxygen atoms in total. The minimum absolute atomic E-state index is 0.176. The summed E-state index contributed by atoms with van der Waals surface area (Å²) in [5.41, 5.74) is 2.87. The number of aromatic nitrogens is 5. The molecule has 4 aromatic heterocycles. The van der Waals surface area contributed by atoms with Gasteiger partial charge in [0.2, 0.25) is 0 Å². The predicted octanol–water partition coefficient (Wildman–Crippen LogP) is 2.22. The first kappa shape index (κ1) is 16.2. The van der Waals surface area contributed by atoms with Crippen molar-refractivity contribution in [3.63, 3.8) is 0 Å². The summed E-state index contributed by atoms with van der Waals surface area (Å²) in [6.07, 6.45) is 5.06. The quantitative estimate of drug-likeness (QED) is 0.489. The van der Waals surface area contributed by atoms with Gasteiger partial charge in [-0.15, -0.1) is 0 Å². The zero-order valence-electron chi connectivity index (χ0n) is 14.8. The van der Waals surface area contributed by atoms with Crippen LogP contribution < -0.4 is 11.1 Å². The third-order valence-corrected chi connectivity index (χ3v) is 4.63. The van der Waals surface area contributed by atoms with E-state index in [1.54, 1.807) is 41.3 Å². The summed E-state index contributed by atoms with van der Waals surface area (Å²) in [5.74, 6) is 0. The summed E-state index contributed by atoms with van der Waals surface area (Å²) >= 11 is 0. The van der Waals surface area contributed by atoms with E-state index in [9.17, 15) is 9.59 Å². The van der Waals surface area contributed by atoms with Crippen molar-refractivity contribution in [2.24, 2.45) is 0 Å². The molecule has 5 rings (SSSR count). The zero-order valence-corrected chi connectivity index (χ0v) is 14.8. The second-order valence-corrected chi connectivity index (χ2v) is 6.47. The van der Waals surface area contributed by atoms with Crippen LogP contribution in [0, 0.1) is 0 Å². The Balaban J connectivity index is 1.58. The minimum atomic E-state index is -0.188. The summed E-state index contributed by atoms with van der Waals surface area (Å²) < 4.78 is 4.58. The molecule has 0 amide bonds. The van der Waals surface area contributed by atoms with Crippen LogP contribution in [0.2, 0.25) is 0 Å². The van der Waals surface area contributed by atoms with Crippen molar-refractivity contribution in [2.45, 2.75) is 6.54 Å². The molecular weight excluding hydrogens is 354 g/mol. The molecule has 5 aromatic rings. The van der Waals surface area contributed by atoms with Crippen LogP contribution in [0.25, 0.3) is 22.4 Å². The Morgan fingerprint density at radius 3 is 2.54 bits per heavy atom. The molecule has 0 atom stereocenters. The van der Waals surface area contributed by atoms with Gasteiger partial charge in [0.15, 0.2) is 0 Å². The van der Waals surface area contributed by atoms with Crippen molar-refractivity contribution in [2.75, 3.05) is 0 Å². The third kappa shape index (κ3) is 2.69. The highest BCUT2D eigenvalue weighted by Crippen LogP contribution is 2.17. The number of hydrogen-bond acceptors (Lipinski definition) is 4. The molecule has 0 spiro atoms. The van der Waals surface area contributed by atoms with Crippen LogP contribution >= 0.6 is 0 Å². The molecule has 0 bridgehead atoms. The number of rotatable bonds is 3. The van der Waals surface area contributed by atoms with Crippen molar-refractivity contribution in [1.82, 2.24) is 23.6 Å². The Bertz CT molecular complexity index is 1430. The highest BCUT2D eigenvalue weighted by atomic mass is 16.1. The zero-order chi connectivity index (χ0) is 19.1. The lowest BCUT2D eigenvalue weighted by Crippen LogP contribution is -2.24. The fraction of sp³-hybridized carbons (Fsp3) is 0.0476. The molecule has 28 heavy (non-hydrogen) atoms. The topological polar surface area (TPSA) is 73.7 Å². The second kappa shape index (κ2) is 6.31. The lowest BCUT2D eigenvalue weighted by molar-refractivity contribution is 0.723. The number of hydrogen-bond donors (Lipinski definition) is 0. The highest BCUT2D eigenvalue weighted by molar-refractivity contribution is 5.65. The Morgan fingerprint density at radius 1 is 0.857 bits per heavy atom. The van der Waals surface area contributed by atoms with E-state index in [1.807, 2.05) is 36.4 Å². The summed E-state index contributed by atoms with van der Waals surface area (Å²) in [7, 11) is 0. The van der Waals surface area contributed by atoms with E-state index in [4.69, 9.17) is 0 Å². The number of nitrogens with zero attached hydrogens (tertiary/aromatic N) is 5. The van der Waals surface area contributed by atoms with E-state index in [1.165, 1.54) is 15.0 Å². The van der Waals surface area contributed by atoms with Gasteiger partial charge >= 0.3 is 0 Å². The lowest BCUT2D eigenvalue weighted by atomic mass is 10.1. The van der Waals surface area contributed by atoms with Gasteiger partial charge < -0.3 is 4.57 Å². The van der Waals surface area contributed by atoms with E-state index >= 15 is 0 Å². The minimum Gasteiger partial charge on any atom is -0.306 e. The maximum absolute atomic E-state index is 12.9. The molecule has 0 fully saturated rings. The average molecular weight is 369 g/mol. The van der Waals surface area contributed by atoms with Gasteiger partial charge in [0.25, 0.3) is 11.1 Å². The van der Waals surface area contributed by atoms with Crippen molar-refractivity contribution >= 4 is 11.2 Å². The van der Waals surface area contributed by atoms with Gasteiger partial charge in [-0.05, 0) is 18.2 Å². The number of pyridine rings is 1. The van der Waals surface area contributed by atoms with Gasteiger partial charge in [-0.1, -0.05) is 36.4 Å². The Morgan fingerprint density at radius 2 is 1.68 bits per heavy atom. The van der Waals surface area contributed by atoms with Crippen molar-refractivity contribution in [1.29, 1.82) is 0 Å². The molecule has 0 saturated heterocycles. The van der Waals surface area contributed by atoms with E-state index < -0.39 is 0 Å². The first-order valence-electron chi connectivity index (χ1n) is 8.81. The molecule has 0 radical (unpaired) electrons. The predicted molar refractivity (Wildman–Crippen MR) is 105 cm³/mol. The van der Waals surface area contributed by atoms with Gasteiger partial charge in [-0.2, -0.15) is 5.10 Å². The molecule has 0 unspecified atom stereocenters. The summed E-state index contributed by atoms with van der Waals surface area (Å²) in [4.78, 5) is 29.7. The highest BCUT2D eigenvalue weighted by Gasteiger charge is 2.10. The monoisotopic (exact) mass is 369 g/mol. The van der Waals surface area contributed by atoms with E-state index in [2.05, 4.69) is 10.1 Å².